The summed E-state index contributed by atoms with van der Waals surface area (Å²) in [6, 6.07) is 0. The molecule has 0 N–H and O–H groups in total. The molecule has 0 bridgehead atoms. The average Bonchev–Trinajstić information content (AvgIpc) is 2.68. The Kier molecular flexibility index (Phi) is 25.1. The van der Waals surface area contributed by atoms with E-state index in [1.807, 2.05) is 0 Å². The average molecular weight is 375 g/mol. The molecule has 0 nitrogen and oxygen atoms in total. The lowest BCUT2D eigenvalue weighted by atomic mass is 10.1. The molecule has 0 saturated heterocycles. The first-order chi connectivity index (χ1) is 13.4. The molecule has 0 aliphatic heterocycles. The van der Waals surface area contributed by atoms with Crippen LogP contribution in [-0.2, 0) is 0 Å². The smallest absolute Gasteiger partial charge is 0.00886 e. The molecular formula is C27H50. The Labute approximate surface area is 173 Å². The lowest BCUT2D eigenvalue weighted by Crippen LogP contribution is -1.82. The Morgan fingerprint density at radius 3 is 0.778 bits per heavy atom. The summed E-state index contributed by atoms with van der Waals surface area (Å²) in [4.78, 5) is 0. The summed E-state index contributed by atoms with van der Waals surface area (Å²) in [7, 11) is 0. The molecule has 2 radical (unpaired) electrons. The second-order valence-corrected chi connectivity index (χ2v) is 8.28. The maximum atomic E-state index is 3.90. The monoisotopic (exact) mass is 374 g/mol. The Hall–Kier alpha value is -0.440. The van der Waals surface area contributed by atoms with Gasteiger partial charge < -0.3 is 0 Å². The Balaban J connectivity index is 3.08. The highest BCUT2D eigenvalue weighted by atomic mass is 14.0. The van der Waals surface area contributed by atoms with E-state index in [9.17, 15) is 0 Å². The van der Waals surface area contributed by atoms with Crippen molar-refractivity contribution >= 4 is 0 Å². The standard InChI is InChI=1S/C27H50/c1-3-5-7-9-11-13-15-17-19-21-23-25-27-26-24-22-20-18-16-14-12-10-8-6-4-2/h1-25H2. The van der Waals surface area contributed by atoms with Gasteiger partial charge in [-0.1, -0.05) is 136 Å². The van der Waals surface area contributed by atoms with E-state index in [1.54, 1.807) is 0 Å². The van der Waals surface area contributed by atoms with Crippen molar-refractivity contribution in [3.63, 3.8) is 0 Å². The lowest BCUT2D eigenvalue weighted by Gasteiger charge is -2.01. The van der Waals surface area contributed by atoms with Crippen molar-refractivity contribution in [1.29, 1.82) is 0 Å². The fourth-order valence-electron chi connectivity index (χ4n) is 3.61. The fourth-order valence-corrected chi connectivity index (χ4v) is 3.61. The first-order valence-corrected chi connectivity index (χ1v) is 12.5. The van der Waals surface area contributed by atoms with Gasteiger partial charge in [0.1, 0.15) is 0 Å². The third-order valence-electron chi connectivity index (χ3n) is 5.48. The number of rotatable bonds is 21. The SMILES string of the molecule is [CH2]CCCCCCCCCCCC#CCCCCCCCCCCCC[CH2]. The summed E-state index contributed by atoms with van der Waals surface area (Å²) in [5.74, 6) is 6.77. The van der Waals surface area contributed by atoms with Crippen molar-refractivity contribution in [3.05, 3.63) is 13.8 Å². The van der Waals surface area contributed by atoms with Gasteiger partial charge in [-0.15, -0.1) is 11.8 Å². The van der Waals surface area contributed by atoms with Crippen molar-refractivity contribution in [2.45, 2.75) is 148 Å². The fraction of sp³-hybridized carbons (Fsp3) is 0.852. The molecule has 0 aromatic carbocycles. The predicted molar refractivity (Wildman–Crippen MR) is 125 cm³/mol. The van der Waals surface area contributed by atoms with Gasteiger partial charge in [-0.25, -0.2) is 0 Å². The van der Waals surface area contributed by atoms with E-state index >= 15 is 0 Å². The minimum Gasteiger partial charge on any atom is -0.103 e. The van der Waals surface area contributed by atoms with Crippen LogP contribution in [-0.4, -0.2) is 0 Å². The van der Waals surface area contributed by atoms with Crippen LogP contribution in [0.3, 0.4) is 0 Å². The Morgan fingerprint density at radius 1 is 0.296 bits per heavy atom. The Morgan fingerprint density at radius 2 is 0.519 bits per heavy atom. The first-order valence-electron chi connectivity index (χ1n) is 12.5. The molecule has 0 atom stereocenters. The number of hydrogen-bond donors (Lipinski definition) is 0. The highest BCUT2D eigenvalue weighted by Crippen LogP contribution is 2.12. The molecule has 158 valence electrons. The van der Waals surface area contributed by atoms with Gasteiger partial charge in [0.2, 0.25) is 0 Å². The highest BCUT2D eigenvalue weighted by Gasteiger charge is 1.93. The molecule has 0 unspecified atom stereocenters. The minimum atomic E-state index is 1.11. The quantitative estimate of drug-likeness (QED) is 0.138. The van der Waals surface area contributed by atoms with Crippen molar-refractivity contribution in [1.82, 2.24) is 0 Å². The van der Waals surface area contributed by atoms with Gasteiger partial charge in [0.05, 0.1) is 0 Å². The van der Waals surface area contributed by atoms with Crippen molar-refractivity contribution in [3.8, 4) is 11.8 Å². The molecule has 0 aliphatic rings. The van der Waals surface area contributed by atoms with Crippen LogP contribution in [0.2, 0.25) is 0 Å². The molecule has 0 heterocycles. The van der Waals surface area contributed by atoms with Crippen molar-refractivity contribution in [2.24, 2.45) is 0 Å². The number of unbranched alkanes of at least 4 members (excludes halogenated alkanes) is 21. The van der Waals surface area contributed by atoms with E-state index in [1.165, 1.54) is 122 Å². The summed E-state index contributed by atoms with van der Waals surface area (Å²) in [6.45, 7) is 7.80. The van der Waals surface area contributed by atoms with Gasteiger partial charge in [0.15, 0.2) is 0 Å². The molecule has 0 saturated carbocycles. The van der Waals surface area contributed by atoms with Gasteiger partial charge in [0, 0.05) is 12.8 Å². The molecule has 0 aromatic rings. The van der Waals surface area contributed by atoms with Crippen molar-refractivity contribution < 1.29 is 0 Å². The number of hydrogen-bond acceptors (Lipinski definition) is 0. The Bertz CT molecular complexity index is 306. The molecule has 0 spiro atoms. The zero-order valence-electron chi connectivity index (χ0n) is 18.7. The maximum absolute atomic E-state index is 3.90. The summed E-state index contributed by atoms with van der Waals surface area (Å²) in [5.41, 5.74) is 0. The lowest BCUT2D eigenvalue weighted by molar-refractivity contribution is 0.554. The maximum Gasteiger partial charge on any atom is 0.00886 e. The van der Waals surface area contributed by atoms with Crippen LogP contribution in [0.4, 0.5) is 0 Å². The van der Waals surface area contributed by atoms with Crippen LogP contribution < -0.4 is 0 Å². The zero-order chi connectivity index (χ0) is 19.7. The van der Waals surface area contributed by atoms with E-state index in [2.05, 4.69) is 25.7 Å². The van der Waals surface area contributed by atoms with Crippen LogP contribution in [0.25, 0.3) is 0 Å². The molecular weight excluding hydrogens is 324 g/mol. The minimum absolute atomic E-state index is 1.11. The summed E-state index contributed by atoms with van der Waals surface area (Å²) >= 11 is 0. The van der Waals surface area contributed by atoms with Gasteiger partial charge in [-0.05, 0) is 12.8 Å². The van der Waals surface area contributed by atoms with Gasteiger partial charge >= 0.3 is 0 Å². The summed E-state index contributed by atoms with van der Waals surface area (Å²) in [6.07, 6.45) is 30.9. The normalized spacial score (nSPS) is 10.7. The van der Waals surface area contributed by atoms with Crippen LogP contribution in [0.1, 0.15) is 148 Å². The second kappa shape index (κ2) is 25.6. The van der Waals surface area contributed by atoms with E-state index in [0.29, 0.717) is 0 Å². The molecule has 0 fully saturated rings. The van der Waals surface area contributed by atoms with Crippen LogP contribution in [0, 0.1) is 25.7 Å². The van der Waals surface area contributed by atoms with Crippen LogP contribution in [0.5, 0.6) is 0 Å². The first kappa shape index (κ1) is 26.6. The molecule has 0 aliphatic carbocycles. The molecule has 0 aromatic heterocycles. The van der Waals surface area contributed by atoms with Crippen LogP contribution >= 0.6 is 0 Å². The van der Waals surface area contributed by atoms with E-state index < -0.39 is 0 Å². The van der Waals surface area contributed by atoms with E-state index in [-0.39, 0.29) is 0 Å². The van der Waals surface area contributed by atoms with Gasteiger partial charge in [0.25, 0.3) is 0 Å². The largest absolute Gasteiger partial charge is 0.103 e. The third-order valence-corrected chi connectivity index (χ3v) is 5.48. The van der Waals surface area contributed by atoms with Gasteiger partial charge in [-0.2, -0.15) is 0 Å². The molecule has 0 heteroatoms. The molecule has 27 heavy (non-hydrogen) atoms. The topological polar surface area (TPSA) is 0 Å². The summed E-state index contributed by atoms with van der Waals surface area (Å²) in [5, 5.41) is 0. The second-order valence-electron chi connectivity index (χ2n) is 8.28. The third kappa shape index (κ3) is 25.6. The van der Waals surface area contributed by atoms with E-state index in [4.69, 9.17) is 0 Å². The van der Waals surface area contributed by atoms with E-state index in [0.717, 1.165) is 25.7 Å². The molecule has 0 amide bonds. The highest BCUT2D eigenvalue weighted by molar-refractivity contribution is 4.98. The molecule has 0 rings (SSSR count). The summed E-state index contributed by atoms with van der Waals surface area (Å²) < 4.78 is 0. The predicted octanol–water partition coefficient (Wildman–Crippen LogP) is 9.63. The van der Waals surface area contributed by atoms with Crippen LogP contribution in [0.15, 0.2) is 0 Å². The van der Waals surface area contributed by atoms with Gasteiger partial charge in [-0.3, -0.25) is 0 Å². The zero-order valence-corrected chi connectivity index (χ0v) is 18.7. The van der Waals surface area contributed by atoms with Crippen molar-refractivity contribution in [2.75, 3.05) is 0 Å².